The van der Waals surface area contributed by atoms with E-state index in [-0.39, 0.29) is 12.1 Å². The zero-order valence-corrected chi connectivity index (χ0v) is 13.0. The minimum Gasteiger partial charge on any atom is -0.491 e. The Bertz CT molecular complexity index is 551. The van der Waals surface area contributed by atoms with Crippen molar-refractivity contribution in [3.8, 4) is 5.75 Å². The Morgan fingerprint density at radius 3 is 2.55 bits per heavy atom. The molecule has 0 radical (unpaired) electrons. The van der Waals surface area contributed by atoms with E-state index in [0.717, 1.165) is 17.7 Å². The number of rotatable bonds is 6. The molecule has 2 rings (SSSR count). The molecule has 3 nitrogen and oxygen atoms in total. The normalized spacial score (nSPS) is 12.7. The first-order valence-electron chi connectivity index (χ1n) is 6.96. The molecule has 0 saturated carbocycles. The van der Waals surface area contributed by atoms with Crippen molar-refractivity contribution in [2.75, 3.05) is 0 Å². The smallest absolute Gasteiger partial charge is 0.124 e. The topological polar surface area (TPSA) is 47.3 Å². The van der Waals surface area contributed by atoms with Crippen molar-refractivity contribution >= 4 is 11.3 Å². The summed E-state index contributed by atoms with van der Waals surface area (Å²) in [6, 6.07) is 12.3. The second kappa shape index (κ2) is 6.88. The summed E-state index contributed by atoms with van der Waals surface area (Å²) < 4.78 is 5.89. The number of aryl methyl sites for hydroxylation is 1. The highest BCUT2D eigenvalue weighted by Gasteiger charge is 2.19. The molecule has 1 atom stereocenters. The van der Waals surface area contributed by atoms with Crippen LogP contribution in [0.5, 0.6) is 5.75 Å². The van der Waals surface area contributed by atoms with E-state index in [9.17, 15) is 0 Å². The number of hydrogen-bond donors (Lipinski definition) is 2. The van der Waals surface area contributed by atoms with Crippen molar-refractivity contribution < 1.29 is 4.74 Å². The lowest BCUT2D eigenvalue weighted by Crippen LogP contribution is -2.28. The molecule has 0 aliphatic carbocycles. The van der Waals surface area contributed by atoms with Gasteiger partial charge in [-0.3, -0.25) is 5.84 Å². The number of ether oxygens (including phenoxy) is 1. The Hall–Kier alpha value is -1.36. The minimum atomic E-state index is -0.0322. The molecule has 1 aromatic heterocycles. The first-order chi connectivity index (χ1) is 9.65. The molecule has 4 heteroatoms. The van der Waals surface area contributed by atoms with Gasteiger partial charge in [-0.1, -0.05) is 25.1 Å². The van der Waals surface area contributed by atoms with Crippen molar-refractivity contribution in [1.82, 2.24) is 5.43 Å². The van der Waals surface area contributed by atoms with Gasteiger partial charge in [0.05, 0.1) is 12.1 Å². The van der Waals surface area contributed by atoms with E-state index in [1.807, 2.05) is 32.0 Å². The number of nitrogens with two attached hydrogens (primary N) is 1. The molecule has 2 aromatic rings. The van der Waals surface area contributed by atoms with E-state index in [0.29, 0.717) is 0 Å². The third-order valence-corrected chi connectivity index (χ3v) is 4.37. The van der Waals surface area contributed by atoms with Gasteiger partial charge in [0.1, 0.15) is 5.75 Å². The maximum atomic E-state index is 5.89. The van der Waals surface area contributed by atoms with Gasteiger partial charge in [-0.25, -0.2) is 5.43 Å². The van der Waals surface area contributed by atoms with Gasteiger partial charge in [0.15, 0.2) is 0 Å². The maximum absolute atomic E-state index is 5.89. The second-order valence-corrected chi connectivity index (χ2v) is 6.16. The van der Waals surface area contributed by atoms with Gasteiger partial charge in [0.2, 0.25) is 0 Å². The van der Waals surface area contributed by atoms with Crippen LogP contribution in [0.15, 0.2) is 36.4 Å². The van der Waals surface area contributed by atoms with Crippen molar-refractivity contribution in [3.05, 3.63) is 51.7 Å². The zero-order chi connectivity index (χ0) is 14.5. The molecule has 0 saturated heterocycles. The van der Waals surface area contributed by atoms with Gasteiger partial charge in [-0.05, 0) is 38.5 Å². The van der Waals surface area contributed by atoms with Gasteiger partial charge in [-0.2, -0.15) is 0 Å². The van der Waals surface area contributed by atoms with E-state index in [4.69, 9.17) is 10.6 Å². The number of hydrazine groups is 1. The monoisotopic (exact) mass is 290 g/mol. The SMILES string of the molecule is CCc1ccc(C(NN)c2ccccc2OC(C)C)s1. The van der Waals surface area contributed by atoms with Crippen molar-refractivity contribution in [1.29, 1.82) is 0 Å². The molecule has 0 aliphatic heterocycles. The van der Waals surface area contributed by atoms with Crippen LogP contribution < -0.4 is 16.0 Å². The molecule has 0 spiro atoms. The Balaban J connectivity index is 2.36. The molecule has 1 aromatic carbocycles. The van der Waals surface area contributed by atoms with Crippen LogP contribution in [0, 0.1) is 0 Å². The average Bonchev–Trinajstić information content (AvgIpc) is 2.90. The van der Waals surface area contributed by atoms with E-state index in [2.05, 4.69) is 30.5 Å². The van der Waals surface area contributed by atoms with Crippen LogP contribution in [0.3, 0.4) is 0 Å². The highest BCUT2D eigenvalue weighted by Crippen LogP contribution is 2.33. The van der Waals surface area contributed by atoms with E-state index >= 15 is 0 Å². The largest absolute Gasteiger partial charge is 0.491 e. The maximum Gasteiger partial charge on any atom is 0.124 e. The number of nitrogens with one attached hydrogen (secondary N) is 1. The fourth-order valence-corrected chi connectivity index (χ4v) is 3.18. The third kappa shape index (κ3) is 3.39. The Labute approximate surface area is 124 Å². The number of hydrogen-bond acceptors (Lipinski definition) is 4. The summed E-state index contributed by atoms with van der Waals surface area (Å²) in [7, 11) is 0. The molecule has 0 amide bonds. The van der Waals surface area contributed by atoms with Crippen LogP contribution in [0.4, 0.5) is 0 Å². The molecule has 3 N–H and O–H groups in total. The van der Waals surface area contributed by atoms with Crippen LogP contribution in [0.2, 0.25) is 0 Å². The van der Waals surface area contributed by atoms with Crippen molar-refractivity contribution in [2.24, 2.45) is 5.84 Å². The first kappa shape index (κ1) is 15.0. The molecular formula is C16H22N2OS. The van der Waals surface area contributed by atoms with Gasteiger partial charge >= 0.3 is 0 Å². The third-order valence-electron chi connectivity index (χ3n) is 3.07. The Kier molecular flexibility index (Phi) is 5.17. The second-order valence-electron chi connectivity index (χ2n) is 4.96. The van der Waals surface area contributed by atoms with E-state index < -0.39 is 0 Å². The van der Waals surface area contributed by atoms with Gasteiger partial charge < -0.3 is 4.74 Å². The minimum absolute atomic E-state index is 0.0322. The summed E-state index contributed by atoms with van der Waals surface area (Å²) in [5.74, 6) is 6.67. The molecular weight excluding hydrogens is 268 g/mol. The van der Waals surface area contributed by atoms with Gasteiger partial charge in [-0.15, -0.1) is 11.3 Å². The van der Waals surface area contributed by atoms with Crippen LogP contribution in [0.1, 0.15) is 42.1 Å². The summed E-state index contributed by atoms with van der Waals surface area (Å²) in [5.41, 5.74) is 3.99. The van der Waals surface area contributed by atoms with Crippen LogP contribution in [-0.2, 0) is 6.42 Å². The quantitative estimate of drug-likeness (QED) is 0.630. The van der Waals surface area contributed by atoms with Gasteiger partial charge in [0, 0.05) is 15.3 Å². The lowest BCUT2D eigenvalue weighted by molar-refractivity contribution is 0.238. The predicted molar refractivity (Wildman–Crippen MR) is 85.1 cm³/mol. The van der Waals surface area contributed by atoms with Crippen LogP contribution in [0.25, 0.3) is 0 Å². The Morgan fingerprint density at radius 2 is 1.95 bits per heavy atom. The Morgan fingerprint density at radius 1 is 1.20 bits per heavy atom. The highest BCUT2D eigenvalue weighted by molar-refractivity contribution is 7.12. The van der Waals surface area contributed by atoms with Crippen LogP contribution >= 0.6 is 11.3 Å². The number of benzene rings is 1. The van der Waals surface area contributed by atoms with E-state index in [1.54, 1.807) is 11.3 Å². The molecule has 0 aliphatic rings. The highest BCUT2D eigenvalue weighted by atomic mass is 32.1. The summed E-state index contributed by atoms with van der Waals surface area (Å²) in [5, 5.41) is 0. The van der Waals surface area contributed by atoms with Crippen molar-refractivity contribution in [2.45, 2.75) is 39.3 Å². The average molecular weight is 290 g/mol. The fourth-order valence-electron chi connectivity index (χ4n) is 2.15. The first-order valence-corrected chi connectivity index (χ1v) is 7.77. The molecule has 108 valence electrons. The fraction of sp³-hybridized carbons (Fsp3) is 0.375. The molecule has 20 heavy (non-hydrogen) atoms. The number of thiophene rings is 1. The molecule has 1 unspecified atom stereocenters. The zero-order valence-electron chi connectivity index (χ0n) is 12.2. The van der Waals surface area contributed by atoms with Gasteiger partial charge in [0.25, 0.3) is 0 Å². The molecule has 0 bridgehead atoms. The number of para-hydroxylation sites is 1. The predicted octanol–water partition coefficient (Wildman–Crippen LogP) is 3.65. The van der Waals surface area contributed by atoms with Crippen LogP contribution in [-0.4, -0.2) is 6.10 Å². The molecule has 0 fully saturated rings. The summed E-state index contributed by atoms with van der Waals surface area (Å²) >= 11 is 1.79. The summed E-state index contributed by atoms with van der Waals surface area (Å²) in [6.07, 6.45) is 1.19. The summed E-state index contributed by atoms with van der Waals surface area (Å²) in [4.78, 5) is 2.58. The lowest BCUT2D eigenvalue weighted by atomic mass is 10.0. The molecule has 1 heterocycles. The lowest BCUT2D eigenvalue weighted by Gasteiger charge is -2.20. The van der Waals surface area contributed by atoms with E-state index in [1.165, 1.54) is 9.75 Å². The standard InChI is InChI=1S/C16H22N2OS/c1-4-12-9-10-15(20-12)16(18-17)13-7-5-6-8-14(13)19-11(2)3/h5-11,16,18H,4,17H2,1-3H3. The van der Waals surface area contributed by atoms with Crippen molar-refractivity contribution in [3.63, 3.8) is 0 Å². The summed E-state index contributed by atoms with van der Waals surface area (Å²) in [6.45, 7) is 6.22.